The minimum Gasteiger partial charge on any atom is -0.369 e. The maximum Gasteiger partial charge on any atom is 0.100 e. The van der Waals surface area contributed by atoms with Gasteiger partial charge < -0.3 is 4.90 Å². The summed E-state index contributed by atoms with van der Waals surface area (Å²) in [6.07, 6.45) is 0. The predicted octanol–water partition coefficient (Wildman–Crippen LogP) is 2.35. The van der Waals surface area contributed by atoms with Crippen molar-refractivity contribution >= 4 is 21.6 Å². The van der Waals surface area contributed by atoms with Crippen molar-refractivity contribution in [3.8, 4) is 12.1 Å². The number of hydrogen-bond acceptors (Lipinski definition) is 4. The fourth-order valence-electron chi connectivity index (χ4n) is 2.24. The van der Waals surface area contributed by atoms with Gasteiger partial charge >= 0.3 is 0 Å². The van der Waals surface area contributed by atoms with Gasteiger partial charge in [0.2, 0.25) is 0 Å². The summed E-state index contributed by atoms with van der Waals surface area (Å²) in [6, 6.07) is 10.2. The van der Waals surface area contributed by atoms with Gasteiger partial charge in [0.1, 0.15) is 6.07 Å². The molecule has 0 radical (unpaired) electrons. The Morgan fingerprint density at radius 2 is 1.89 bits per heavy atom. The number of halogens is 1. The molecule has 0 N–H and O–H groups in total. The van der Waals surface area contributed by atoms with Crippen LogP contribution in [-0.4, -0.2) is 37.1 Å². The zero-order valence-corrected chi connectivity index (χ0v) is 12.4. The van der Waals surface area contributed by atoms with Crippen LogP contribution in [0.15, 0.2) is 22.7 Å². The zero-order valence-electron chi connectivity index (χ0n) is 10.8. The van der Waals surface area contributed by atoms with Crippen molar-refractivity contribution in [2.75, 3.05) is 31.1 Å². The van der Waals surface area contributed by atoms with Gasteiger partial charge in [-0.2, -0.15) is 10.5 Å². The lowest BCUT2D eigenvalue weighted by atomic mass is 10.2. The van der Waals surface area contributed by atoms with Crippen LogP contribution in [0.1, 0.15) is 12.5 Å². The monoisotopic (exact) mass is 318 g/mol. The third-order valence-electron chi connectivity index (χ3n) is 3.49. The van der Waals surface area contributed by atoms with Gasteiger partial charge in [-0.3, -0.25) is 4.90 Å². The van der Waals surface area contributed by atoms with Gasteiger partial charge in [0.25, 0.3) is 0 Å². The molecule has 1 saturated heterocycles. The van der Waals surface area contributed by atoms with E-state index < -0.39 is 0 Å². The molecule has 0 aromatic heterocycles. The number of anilines is 1. The summed E-state index contributed by atoms with van der Waals surface area (Å²) in [5, 5.41) is 17.8. The summed E-state index contributed by atoms with van der Waals surface area (Å²) in [6.45, 7) is 5.54. The van der Waals surface area contributed by atoms with E-state index >= 15 is 0 Å². The van der Waals surface area contributed by atoms with Gasteiger partial charge in [0, 0.05) is 36.3 Å². The van der Waals surface area contributed by atoms with E-state index in [2.05, 4.69) is 37.9 Å². The quantitative estimate of drug-likeness (QED) is 0.840. The van der Waals surface area contributed by atoms with Crippen molar-refractivity contribution in [2.24, 2.45) is 0 Å². The Bertz CT molecular complexity index is 535. The van der Waals surface area contributed by atoms with Crippen molar-refractivity contribution in [1.82, 2.24) is 4.90 Å². The first-order valence-electron chi connectivity index (χ1n) is 6.24. The molecular weight excluding hydrogens is 304 g/mol. The maximum absolute atomic E-state index is 8.92. The second-order valence-corrected chi connectivity index (χ2v) is 5.46. The van der Waals surface area contributed by atoms with E-state index in [0.29, 0.717) is 5.56 Å². The molecule has 19 heavy (non-hydrogen) atoms. The molecule has 1 heterocycles. The van der Waals surface area contributed by atoms with Crippen molar-refractivity contribution < 1.29 is 0 Å². The number of nitriles is 2. The Balaban J connectivity index is 2.04. The molecule has 1 fully saturated rings. The van der Waals surface area contributed by atoms with E-state index in [-0.39, 0.29) is 6.04 Å². The largest absolute Gasteiger partial charge is 0.369 e. The summed E-state index contributed by atoms with van der Waals surface area (Å²) in [4.78, 5) is 4.47. The van der Waals surface area contributed by atoms with Crippen LogP contribution >= 0.6 is 15.9 Å². The van der Waals surface area contributed by atoms with Crippen molar-refractivity contribution in [2.45, 2.75) is 13.0 Å². The van der Waals surface area contributed by atoms with Crippen molar-refractivity contribution in [3.05, 3.63) is 28.2 Å². The average molecular weight is 319 g/mol. The van der Waals surface area contributed by atoms with E-state index in [1.807, 2.05) is 25.1 Å². The van der Waals surface area contributed by atoms with E-state index in [4.69, 9.17) is 10.5 Å². The van der Waals surface area contributed by atoms with Gasteiger partial charge in [-0.15, -0.1) is 0 Å². The summed E-state index contributed by atoms with van der Waals surface area (Å²) >= 11 is 3.42. The second kappa shape index (κ2) is 6.06. The molecule has 0 aliphatic carbocycles. The van der Waals surface area contributed by atoms with Gasteiger partial charge in [0.05, 0.1) is 17.7 Å². The highest BCUT2D eigenvalue weighted by Gasteiger charge is 2.21. The summed E-state index contributed by atoms with van der Waals surface area (Å²) in [7, 11) is 0. The number of benzene rings is 1. The normalized spacial score (nSPS) is 17.6. The Hall–Kier alpha value is -1.56. The second-order valence-electron chi connectivity index (χ2n) is 4.60. The minimum absolute atomic E-state index is 0.0187. The Morgan fingerprint density at radius 1 is 1.21 bits per heavy atom. The lowest BCUT2D eigenvalue weighted by Gasteiger charge is -2.37. The standard InChI is InChI=1S/C14H15BrN4/c1-11(9-16)18-4-6-19(7-5-18)13-3-2-12(10-17)14(15)8-13/h2-3,8,11H,4-7H2,1H3. The number of rotatable bonds is 2. The van der Waals surface area contributed by atoms with Crippen molar-refractivity contribution in [1.29, 1.82) is 10.5 Å². The van der Waals surface area contributed by atoms with Crippen molar-refractivity contribution in [3.63, 3.8) is 0 Å². The van der Waals surface area contributed by atoms with Crippen LogP contribution in [0.4, 0.5) is 5.69 Å². The molecule has 0 amide bonds. The smallest absolute Gasteiger partial charge is 0.100 e. The van der Waals surface area contributed by atoms with Crippen LogP contribution in [0.5, 0.6) is 0 Å². The van der Waals surface area contributed by atoms with Gasteiger partial charge in [-0.1, -0.05) is 0 Å². The predicted molar refractivity (Wildman–Crippen MR) is 77.7 cm³/mol. The first-order valence-corrected chi connectivity index (χ1v) is 7.03. The van der Waals surface area contributed by atoms with E-state index in [1.54, 1.807) is 0 Å². The van der Waals surface area contributed by atoms with Gasteiger partial charge in [0.15, 0.2) is 0 Å². The third kappa shape index (κ3) is 3.07. The Kier molecular flexibility index (Phi) is 4.42. The Labute approximate surface area is 122 Å². The molecule has 0 saturated carbocycles. The van der Waals surface area contributed by atoms with E-state index in [0.717, 1.165) is 36.3 Å². The first kappa shape index (κ1) is 13.9. The van der Waals surface area contributed by atoms with Crippen LogP contribution < -0.4 is 4.90 Å². The van der Waals surface area contributed by atoms with Gasteiger partial charge in [-0.25, -0.2) is 0 Å². The SMILES string of the molecule is CC(C#N)N1CCN(c2ccc(C#N)c(Br)c2)CC1. The number of nitrogens with zero attached hydrogens (tertiary/aromatic N) is 4. The molecule has 4 nitrogen and oxygen atoms in total. The minimum atomic E-state index is -0.0187. The summed E-state index contributed by atoms with van der Waals surface area (Å²) in [5.41, 5.74) is 1.77. The number of piperazine rings is 1. The highest BCUT2D eigenvalue weighted by atomic mass is 79.9. The average Bonchev–Trinajstić information content (AvgIpc) is 2.46. The van der Waals surface area contributed by atoms with Gasteiger partial charge in [-0.05, 0) is 41.1 Å². The topological polar surface area (TPSA) is 54.1 Å². The molecule has 0 bridgehead atoms. The van der Waals surface area contributed by atoms with E-state index in [9.17, 15) is 0 Å². The number of hydrogen-bond donors (Lipinski definition) is 0. The molecular formula is C14H15BrN4. The molecule has 1 aromatic carbocycles. The van der Waals surface area contributed by atoms with E-state index in [1.165, 1.54) is 0 Å². The third-order valence-corrected chi connectivity index (χ3v) is 4.14. The molecule has 1 aromatic rings. The van der Waals surface area contributed by atoms with Crippen LogP contribution in [0.2, 0.25) is 0 Å². The highest BCUT2D eigenvalue weighted by molar-refractivity contribution is 9.10. The fraction of sp³-hybridized carbons (Fsp3) is 0.429. The molecule has 1 aliphatic rings. The van der Waals surface area contributed by atoms with Crippen LogP contribution in [0.3, 0.4) is 0 Å². The molecule has 98 valence electrons. The van der Waals surface area contributed by atoms with Crippen LogP contribution in [0, 0.1) is 22.7 Å². The van der Waals surface area contributed by atoms with Crippen LogP contribution in [0.25, 0.3) is 0 Å². The zero-order chi connectivity index (χ0) is 13.8. The fourth-order valence-corrected chi connectivity index (χ4v) is 2.70. The van der Waals surface area contributed by atoms with Crippen LogP contribution in [-0.2, 0) is 0 Å². The molecule has 1 aliphatic heterocycles. The lowest BCUT2D eigenvalue weighted by Crippen LogP contribution is -2.49. The maximum atomic E-state index is 8.92. The molecule has 2 rings (SSSR count). The first-order chi connectivity index (χ1) is 9.15. The molecule has 1 atom stereocenters. The summed E-state index contributed by atoms with van der Waals surface area (Å²) in [5.74, 6) is 0. The molecule has 1 unspecified atom stereocenters. The Morgan fingerprint density at radius 3 is 2.42 bits per heavy atom. The lowest BCUT2D eigenvalue weighted by molar-refractivity contribution is 0.231. The highest BCUT2D eigenvalue weighted by Crippen LogP contribution is 2.24. The molecule has 5 heteroatoms. The summed E-state index contributed by atoms with van der Waals surface area (Å²) < 4.78 is 0.834. The molecule has 0 spiro atoms.